The van der Waals surface area contributed by atoms with Crippen molar-refractivity contribution >= 4 is 0 Å². The number of rotatable bonds is 12. The van der Waals surface area contributed by atoms with Gasteiger partial charge in [0.2, 0.25) is 0 Å². The smallest absolute Gasteiger partial charge is 0.0994 e. The monoisotopic (exact) mass is 286 g/mol. The van der Waals surface area contributed by atoms with E-state index in [1.54, 1.807) is 11.8 Å². The Kier molecular flexibility index (Phi) is 9.14. The lowest BCUT2D eigenvalue weighted by molar-refractivity contribution is 0.0224. The van der Waals surface area contributed by atoms with Crippen molar-refractivity contribution in [2.75, 3.05) is 40.1 Å². The predicted molar refractivity (Wildman–Crippen MR) is 75.4 cm³/mol. The van der Waals surface area contributed by atoms with Crippen molar-refractivity contribution in [3.8, 4) is 0 Å². The third-order valence-electron chi connectivity index (χ3n) is 2.80. The van der Waals surface area contributed by atoms with Crippen LogP contribution in [0.15, 0.2) is 6.20 Å². The van der Waals surface area contributed by atoms with Gasteiger partial charge in [-0.1, -0.05) is 18.6 Å². The average molecular weight is 286 g/mol. The van der Waals surface area contributed by atoms with Crippen LogP contribution in [-0.4, -0.2) is 55.1 Å². The van der Waals surface area contributed by atoms with Crippen LogP contribution in [0.2, 0.25) is 0 Å². The standard InChI is InChI=1S/C13H26N4O3/c1-3-4-12(14)13-11-17(16-15-13)5-6-19-9-10-20-8-7-18-2/h11-12H,3-10,14H2,1-2H3. The van der Waals surface area contributed by atoms with Crippen molar-refractivity contribution < 1.29 is 14.2 Å². The largest absolute Gasteiger partial charge is 0.382 e. The first-order chi connectivity index (χ1) is 9.77. The Bertz CT molecular complexity index is 346. The first-order valence-electron chi connectivity index (χ1n) is 7.08. The summed E-state index contributed by atoms with van der Waals surface area (Å²) in [6, 6.07) is -0.0242. The fourth-order valence-electron chi connectivity index (χ4n) is 1.67. The van der Waals surface area contributed by atoms with Gasteiger partial charge in [0.25, 0.3) is 0 Å². The molecule has 0 aliphatic heterocycles. The molecule has 20 heavy (non-hydrogen) atoms. The van der Waals surface area contributed by atoms with Crippen LogP contribution in [0.3, 0.4) is 0 Å². The van der Waals surface area contributed by atoms with E-state index in [0.29, 0.717) is 39.6 Å². The van der Waals surface area contributed by atoms with E-state index in [1.165, 1.54) is 0 Å². The molecule has 2 N–H and O–H groups in total. The SMILES string of the molecule is CCCC(N)c1cn(CCOCCOCCOC)nn1. The summed E-state index contributed by atoms with van der Waals surface area (Å²) in [4.78, 5) is 0. The van der Waals surface area contributed by atoms with Crippen LogP contribution in [0.4, 0.5) is 0 Å². The van der Waals surface area contributed by atoms with E-state index in [2.05, 4.69) is 17.2 Å². The molecule has 1 unspecified atom stereocenters. The maximum atomic E-state index is 5.98. The Hall–Kier alpha value is -1.02. The summed E-state index contributed by atoms with van der Waals surface area (Å²) in [5, 5.41) is 8.11. The van der Waals surface area contributed by atoms with E-state index in [-0.39, 0.29) is 6.04 Å². The lowest BCUT2D eigenvalue weighted by atomic mass is 10.1. The van der Waals surface area contributed by atoms with Crippen LogP contribution >= 0.6 is 0 Å². The number of ether oxygens (including phenoxy) is 3. The lowest BCUT2D eigenvalue weighted by Gasteiger charge is -2.06. The van der Waals surface area contributed by atoms with Gasteiger partial charge in [0.1, 0.15) is 0 Å². The van der Waals surface area contributed by atoms with E-state index in [9.17, 15) is 0 Å². The molecular weight excluding hydrogens is 260 g/mol. The van der Waals surface area contributed by atoms with Crippen molar-refractivity contribution in [2.24, 2.45) is 5.73 Å². The van der Waals surface area contributed by atoms with Crippen LogP contribution in [0.5, 0.6) is 0 Å². The minimum atomic E-state index is -0.0242. The molecule has 1 atom stereocenters. The van der Waals surface area contributed by atoms with Crippen LogP contribution < -0.4 is 5.73 Å². The predicted octanol–water partition coefficient (Wildman–Crippen LogP) is 0.758. The zero-order valence-electron chi connectivity index (χ0n) is 12.5. The highest BCUT2D eigenvalue weighted by Gasteiger charge is 2.09. The average Bonchev–Trinajstić information content (AvgIpc) is 2.91. The summed E-state index contributed by atoms with van der Waals surface area (Å²) in [6.45, 7) is 5.71. The van der Waals surface area contributed by atoms with Crippen LogP contribution in [0.25, 0.3) is 0 Å². The second-order valence-corrected chi connectivity index (χ2v) is 4.52. The van der Waals surface area contributed by atoms with Crippen molar-refractivity contribution in [3.05, 3.63) is 11.9 Å². The summed E-state index contributed by atoms with van der Waals surface area (Å²) >= 11 is 0. The molecule has 0 radical (unpaired) electrons. The number of aromatic nitrogens is 3. The second-order valence-electron chi connectivity index (χ2n) is 4.52. The Labute approximate surface area is 120 Å². The molecule has 0 bridgehead atoms. The first-order valence-corrected chi connectivity index (χ1v) is 7.08. The van der Waals surface area contributed by atoms with Gasteiger partial charge in [-0.05, 0) is 6.42 Å². The molecule has 0 fully saturated rings. The van der Waals surface area contributed by atoms with Gasteiger partial charge in [-0.25, -0.2) is 4.68 Å². The highest BCUT2D eigenvalue weighted by Crippen LogP contribution is 2.11. The third-order valence-corrected chi connectivity index (χ3v) is 2.80. The molecule has 0 spiro atoms. The van der Waals surface area contributed by atoms with E-state index >= 15 is 0 Å². The Morgan fingerprint density at radius 2 is 1.90 bits per heavy atom. The van der Waals surface area contributed by atoms with Gasteiger partial charge in [0, 0.05) is 7.11 Å². The molecule has 0 aliphatic rings. The summed E-state index contributed by atoms with van der Waals surface area (Å²) in [5.41, 5.74) is 6.82. The Morgan fingerprint density at radius 3 is 2.60 bits per heavy atom. The molecule has 0 amide bonds. The molecule has 1 heterocycles. The fourth-order valence-corrected chi connectivity index (χ4v) is 1.67. The number of nitrogens with zero attached hydrogens (tertiary/aromatic N) is 3. The van der Waals surface area contributed by atoms with E-state index in [1.807, 2.05) is 6.20 Å². The summed E-state index contributed by atoms with van der Waals surface area (Å²) in [5.74, 6) is 0. The van der Waals surface area contributed by atoms with Crippen LogP contribution in [0, 0.1) is 0 Å². The van der Waals surface area contributed by atoms with Gasteiger partial charge >= 0.3 is 0 Å². The van der Waals surface area contributed by atoms with Crippen molar-refractivity contribution in [1.29, 1.82) is 0 Å². The molecule has 7 heteroatoms. The minimum Gasteiger partial charge on any atom is -0.382 e. The van der Waals surface area contributed by atoms with E-state index in [0.717, 1.165) is 18.5 Å². The van der Waals surface area contributed by atoms with Gasteiger partial charge < -0.3 is 19.9 Å². The molecule has 0 saturated carbocycles. The normalized spacial score (nSPS) is 12.8. The minimum absolute atomic E-state index is 0.0242. The van der Waals surface area contributed by atoms with Gasteiger partial charge in [0.15, 0.2) is 0 Å². The van der Waals surface area contributed by atoms with Crippen LogP contribution in [0.1, 0.15) is 31.5 Å². The summed E-state index contributed by atoms with van der Waals surface area (Å²) in [7, 11) is 1.65. The molecule has 7 nitrogen and oxygen atoms in total. The molecule has 1 rings (SSSR count). The quantitative estimate of drug-likeness (QED) is 0.571. The van der Waals surface area contributed by atoms with Gasteiger partial charge in [-0.3, -0.25) is 0 Å². The molecule has 1 aromatic rings. The highest BCUT2D eigenvalue weighted by atomic mass is 16.5. The highest BCUT2D eigenvalue weighted by molar-refractivity contribution is 4.99. The maximum absolute atomic E-state index is 5.98. The third kappa shape index (κ3) is 6.95. The van der Waals surface area contributed by atoms with Crippen molar-refractivity contribution in [3.63, 3.8) is 0 Å². The number of nitrogens with two attached hydrogens (primary N) is 1. The van der Waals surface area contributed by atoms with Gasteiger partial charge in [-0.2, -0.15) is 0 Å². The van der Waals surface area contributed by atoms with E-state index in [4.69, 9.17) is 19.9 Å². The topological polar surface area (TPSA) is 84.4 Å². The van der Waals surface area contributed by atoms with E-state index < -0.39 is 0 Å². The molecule has 1 aromatic heterocycles. The number of hydrogen-bond donors (Lipinski definition) is 1. The van der Waals surface area contributed by atoms with Gasteiger partial charge in [-0.15, -0.1) is 5.10 Å². The zero-order valence-corrected chi connectivity index (χ0v) is 12.5. The second kappa shape index (κ2) is 10.7. The van der Waals surface area contributed by atoms with Crippen LogP contribution in [-0.2, 0) is 20.8 Å². The van der Waals surface area contributed by atoms with Gasteiger partial charge in [0.05, 0.1) is 57.5 Å². The molecule has 0 aliphatic carbocycles. The first kappa shape index (κ1) is 17.0. The van der Waals surface area contributed by atoms with Crippen molar-refractivity contribution in [2.45, 2.75) is 32.4 Å². The maximum Gasteiger partial charge on any atom is 0.0994 e. The van der Waals surface area contributed by atoms with Crippen molar-refractivity contribution in [1.82, 2.24) is 15.0 Å². The molecule has 116 valence electrons. The molecular formula is C13H26N4O3. The zero-order chi connectivity index (χ0) is 14.6. The summed E-state index contributed by atoms with van der Waals surface area (Å²) in [6.07, 6.45) is 3.85. The Balaban J connectivity index is 2.07. The fraction of sp³-hybridized carbons (Fsp3) is 0.846. The Morgan fingerprint density at radius 1 is 1.20 bits per heavy atom. The number of methoxy groups -OCH3 is 1. The number of hydrogen-bond acceptors (Lipinski definition) is 6. The summed E-state index contributed by atoms with van der Waals surface area (Å²) < 4.78 is 17.4. The molecule has 0 aromatic carbocycles. The lowest BCUT2D eigenvalue weighted by Crippen LogP contribution is -2.12. The molecule has 0 saturated heterocycles.